The third-order valence-corrected chi connectivity index (χ3v) is 2.70. The predicted octanol–water partition coefficient (Wildman–Crippen LogP) is 3.09. The molecule has 87 valence electrons. The normalized spacial score (nSPS) is 20.7. The second-order valence-corrected chi connectivity index (χ2v) is 4.10. The summed E-state index contributed by atoms with van der Waals surface area (Å²) in [7, 11) is 0. The SMILES string of the molecule is CCCC(OCC1CO1)c1ccccc1[O]. The number of benzene rings is 1. The van der Waals surface area contributed by atoms with Crippen LogP contribution in [0.5, 0.6) is 5.75 Å². The zero-order valence-corrected chi connectivity index (χ0v) is 9.52. The standard InChI is InChI=1S/C13H17O3/c1-2-5-13(16-9-10-8-15-10)11-6-3-4-7-12(11)14/h3-4,6-7,10,13H,2,5,8-9H2,1H3. The number of hydrogen-bond acceptors (Lipinski definition) is 2. The van der Waals surface area contributed by atoms with Gasteiger partial charge in [0.2, 0.25) is 0 Å². The lowest BCUT2D eigenvalue weighted by Crippen LogP contribution is -2.09. The fourth-order valence-corrected chi connectivity index (χ4v) is 1.73. The van der Waals surface area contributed by atoms with E-state index in [4.69, 9.17) is 9.47 Å². The topological polar surface area (TPSA) is 41.7 Å². The van der Waals surface area contributed by atoms with Crippen molar-refractivity contribution in [3.8, 4) is 5.75 Å². The fourth-order valence-electron chi connectivity index (χ4n) is 1.73. The number of epoxide rings is 1. The van der Waals surface area contributed by atoms with E-state index in [-0.39, 0.29) is 18.0 Å². The predicted molar refractivity (Wildman–Crippen MR) is 59.9 cm³/mol. The highest BCUT2D eigenvalue weighted by Gasteiger charge is 2.25. The highest BCUT2D eigenvalue weighted by Crippen LogP contribution is 2.31. The molecule has 0 spiro atoms. The van der Waals surface area contributed by atoms with Crippen molar-refractivity contribution >= 4 is 0 Å². The zero-order valence-electron chi connectivity index (χ0n) is 9.52. The van der Waals surface area contributed by atoms with Crippen LogP contribution in [0.15, 0.2) is 24.3 Å². The van der Waals surface area contributed by atoms with Crippen LogP contribution < -0.4 is 0 Å². The highest BCUT2D eigenvalue weighted by molar-refractivity contribution is 5.33. The summed E-state index contributed by atoms with van der Waals surface area (Å²) < 4.78 is 10.8. The van der Waals surface area contributed by atoms with E-state index in [1.165, 1.54) is 0 Å². The number of ether oxygens (including phenoxy) is 2. The van der Waals surface area contributed by atoms with Crippen LogP contribution in [-0.2, 0) is 14.6 Å². The van der Waals surface area contributed by atoms with Gasteiger partial charge in [0.1, 0.15) is 6.10 Å². The summed E-state index contributed by atoms with van der Waals surface area (Å²) in [6.45, 7) is 3.48. The Bertz CT molecular complexity index is 334. The summed E-state index contributed by atoms with van der Waals surface area (Å²) in [5, 5.41) is 11.7. The van der Waals surface area contributed by atoms with E-state index in [0.29, 0.717) is 6.61 Å². The molecular weight excluding hydrogens is 204 g/mol. The molecule has 0 amide bonds. The van der Waals surface area contributed by atoms with E-state index in [0.717, 1.165) is 25.0 Å². The molecule has 0 saturated carbocycles. The van der Waals surface area contributed by atoms with Crippen molar-refractivity contribution in [3.05, 3.63) is 29.8 Å². The van der Waals surface area contributed by atoms with Crippen LogP contribution in [0.1, 0.15) is 31.4 Å². The zero-order chi connectivity index (χ0) is 11.4. The summed E-state index contributed by atoms with van der Waals surface area (Å²) in [5.41, 5.74) is 0.769. The maximum atomic E-state index is 11.7. The third-order valence-electron chi connectivity index (χ3n) is 2.70. The van der Waals surface area contributed by atoms with E-state index < -0.39 is 0 Å². The van der Waals surface area contributed by atoms with Crippen LogP contribution in [0.25, 0.3) is 0 Å². The van der Waals surface area contributed by atoms with Gasteiger partial charge in [-0.05, 0) is 12.5 Å². The Labute approximate surface area is 96.0 Å². The van der Waals surface area contributed by atoms with Gasteiger partial charge < -0.3 is 9.47 Å². The van der Waals surface area contributed by atoms with Gasteiger partial charge in [0.05, 0.1) is 19.3 Å². The second-order valence-electron chi connectivity index (χ2n) is 4.10. The lowest BCUT2D eigenvalue weighted by Gasteiger charge is -2.17. The van der Waals surface area contributed by atoms with Gasteiger partial charge in [-0.3, -0.25) is 5.11 Å². The van der Waals surface area contributed by atoms with Crippen molar-refractivity contribution in [2.24, 2.45) is 0 Å². The smallest absolute Gasteiger partial charge is 0.184 e. The van der Waals surface area contributed by atoms with Crippen molar-refractivity contribution in [3.63, 3.8) is 0 Å². The van der Waals surface area contributed by atoms with Gasteiger partial charge >= 0.3 is 0 Å². The molecule has 1 aromatic carbocycles. The quantitative estimate of drug-likeness (QED) is 0.693. The average Bonchev–Trinajstić information content (AvgIpc) is 3.09. The van der Waals surface area contributed by atoms with E-state index in [1.54, 1.807) is 12.1 Å². The lowest BCUT2D eigenvalue weighted by molar-refractivity contribution is 0.0337. The molecule has 3 heteroatoms. The summed E-state index contributed by atoms with van der Waals surface area (Å²) in [6.07, 6.45) is 2.05. The van der Waals surface area contributed by atoms with E-state index >= 15 is 0 Å². The van der Waals surface area contributed by atoms with Gasteiger partial charge in [0.25, 0.3) is 0 Å². The maximum absolute atomic E-state index is 11.7. The second kappa shape index (κ2) is 5.32. The summed E-state index contributed by atoms with van der Waals surface area (Å²) >= 11 is 0. The van der Waals surface area contributed by atoms with Gasteiger partial charge in [0.15, 0.2) is 5.75 Å². The van der Waals surface area contributed by atoms with Gasteiger partial charge in [-0.2, -0.15) is 0 Å². The molecular formula is C13H17O3. The van der Waals surface area contributed by atoms with E-state index in [1.807, 2.05) is 12.1 Å². The molecule has 16 heavy (non-hydrogen) atoms. The van der Waals surface area contributed by atoms with Gasteiger partial charge in [-0.1, -0.05) is 31.5 Å². The Morgan fingerprint density at radius 2 is 2.25 bits per heavy atom. The van der Waals surface area contributed by atoms with Crippen molar-refractivity contribution in [1.82, 2.24) is 0 Å². The number of para-hydroxylation sites is 1. The Kier molecular flexibility index (Phi) is 3.80. The molecule has 1 heterocycles. The minimum atomic E-state index is -0.0806. The van der Waals surface area contributed by atoms with Crippen LogP contribution in [0.4, 0.5) is 0 Å². The number of rotatable bonds is 6. The molecule has 1 aliphatic rings. The van der Waals surface area contributed by atoms with Crippen molar-refractivity contribution in [1.29, 1.82) is 0 Å². The first-order valence-corrected chi connectivity index (χ1v) is 5.80. The first-order valence-electron chi connectivity index (χ1n) is 5.80. The Morgan fingerprint density at radius 1 is 1.50 bits per heavy atom. The molecule has 1 aliphatic heterocycles. The molecule has 0 bridgehead atoms. The van der Waals surface area contributed by atoms with Crippen molar-refractivity contribution in [2.75, 3.05) is 13.2 Å². The van der Waals surface area contributed by atoms with Gasteiger partial charge in [-0.25, -0.2) is 0 Å². The van der Waals surface area contributed by atoms with Crippen LogP contribution in [-0.4, -0.2) is 19.3 Å². The summed E-state index contributed by atoms with van der Waals surface area (Å²) in [6, 6.07) is 7.10. The summed E-state index contributed by atoms with van der Waals surface area (Å²) in [4.78, 5) is 0. The van der Waals surface area contributed by atoms with Crippen molar-refractivity contribution in [2.45, 2.75) is 32.0 Å². The molecule has 0 N–H and O–H groups in total. The first-order chi connectivity index (χ1) is 7.81. The fraction of sp³-hybridized carbons (Fsp3) is 0.538. The maximum Gasteiger partial charge on any atom is 0.184 e. The molecule has 1 radical (unpaired) electrons. The Balaban J connectivity index is 2.01. The average molecular weight is 221 g/mol. The van der Waals surface area contributed by atoms with Crippen molar-refractivity contribution < 1.29 is 14.6 Å². The molecule has 2 unspecified atom stereocenters. The number of hydrogen-bond donors (Lipinski definition) is 0. The molecule has 1 saturated heterocycles. The van der Waals surface area contributed by atoms with Gasteiger partial charge in [-0.15, -0.1) is 0 Å². The minimum Gasteiger partial charge on any atom is -0.371 e. The van der Waals surface area contributed by atoms with E-state index in [9.17, 15) is 5.11 Å². The molecule has 2 rings (SSSR count). The van der Waals surface area contributed by atoms with Crippen LogP contribution in [0, 0.1) is 0 Å². The summed E-state index contributed by atoms with van der Waals surface area (Å²) in [5.74, 6) is 0.0673. The van der Waals surface area contributed by atoms with Crippen LogP contribution in [0.2, 0.25) is 0 Å². The van der Waals surface area contributed by atoms with Gasteiger partial charge in [0, 0.05) is 5.56 Å². The molecule has 2 atom stereocenters. The monoisotopic (exact) mass is 221 g/mol. The van der Waals surface area contributed by atoms with E-state index in [2.05, 4.69) is 6.92 Å². The Morgan fingerprint density at radius 3 is 2.88 bits per heavy atom. The lowest BCUT2D eigenvalue weighted by atomic mass is 10.0. The van der Waals surface area contributed by atoms with Crippen LogP contribution >= 0.6 is 0 Å². The molecule has 0 aromatic heterocycles. The largest absolute Gasteiger partial charge is 0.371 e. The van der Waals surface area contributed by atoms with Crippen LogP contribution in [0.3, 0.4) is 0 Å². The molecule has 3 nitrogen and oxygen atoms in total. The molecule has 0 aliphatic carbocycles. The Hall–Kier alpha value is -1.06. The first kappa shape index (κ1) is 11.4. The minimum absolute atomic E-state index is 0.0673. The molecule has 1 aromatic rings. The highest BCUT2D eigenvalue weighted by atomic mass is 16.6. The third kappa shape index (κ3) is 2.97. The molecule has 1 fully saturated rings.